The lowest BCUT2D eigenvalue weighted by atomic mass is 9.97. The zero-order valence-corrected chi connectivity index (χ0v) is 22.4. The van der Waals surface area contributed by atoms with E-state index in [9.17, 15) is 9.59 Å². The Balaban J connectivity index is 1.45. The van der Waals surface area contributed by atoms with Crippen molar-refractivity contribution in [3.8, 4) is 5.69 Å². The van der Waals surface area contributed by atoms with E-state index >= 15 is 0 Å². The van der Waals surface area contributed by atoms with Crippen LogP contribution in [0.1, 0.15) is 41.3 Å². The molecule has 0 saturated carbocycles. The van der Waals surface area contributed by atoms with E-state index in [1.54, 1.807) is 28.9 Å². The molecule has 1 N–H and O–H groups in total. The Hall–Kier alpha value is -2.94. The van der Waals surface area contributed by atoms with E-state index < -0.39 is 0 Å². The minimum atomic E-state index is -0.290. The smallest absolute Gasteiger partial charge is 0.267 e. The van der Waals surface area contributed by atoms with Gasteiger partial charge in [0.15, 0.2) is 5.16 Å². The number of halogens is 1. The molecule has 1 amide bonds. The topological polar surface area (TPSA) is 76.3 Å². The van der Waals surface area contributed by atoms with Gasteiger partial charge in [-0.3, -0.25) is 14.2 Å². The van der Waals surface area contributed by atoms with Gasteiger partial charge in [-0.15, -0.1) is 11.3 Å². The van der Waals surface area contributed by atoms with E-state index in [4.69, 9.17) is 16.6 Å². The standard InChI is InChI=1S/C27H25ClN4O2S2/c1-16-11-13-18(14-12-16)32-26(34)24-20-8-4-6-10-22(20)36-25(24)29-27(32)35-15-23(33)31-30-17(2)19-7-3-5-9-21(19)28/h3,5,7,9,11-14H,4,6,8,10,15H2,1-2H3,(H,31,33)/b30-17+. The average Bonchev–Trinajstić information content (AvgIpc) is 3.26. The van der Waals surface area contributed by atoms with Crippen LogP contribution in [0.4, 0.5) is 0 Å². The molecule has 2 heterocycles. The van der Waals surface area contributed by atoms with E-state index in [-0.39, 0.29) is 17.2 Å². The maximum atomic E-state index is 13.8. The highest BCUT2D eigenvalue weighted by atomic mass is 35.5. The van der Waals surface area contributed by atoms with Crippen LogP contribution in [0.5, 0.6) is 0 Å². The summed E-state index contributed by atoms with van der Waals surface area (Å²) < 4.78 is 1.64. The predicted octanol–water partition coefficient (Wildman–Crippen LogP) is 5.92. The number of aromatic nitrogens is 2. The number of fused-ring (bicyclic) bond motifs is 3. The van der Waals surface area contributed by atoms with Crippen LogP contribution in [-0.2, 0) is 17.6 Å². The molecule has 0 saturated heterocycles. The number of nitrogens with zero attached hydrogens (tertiary/aromatic N) is 3. The van der Waals surface area contributed by atoms with Crippen molar-refractivity contribution in [2.24, 2.45) is 5.10 Å². The quantitative estimate of drug-likeness (QED) is 0.144. The zero-order valence-electron chi connectivity index (χ0n) is 20.0. The van der Waals surface area contributed by atoms with E-state index in [2.05, 4.69) is 10.5 Å². The van der Waals surface area contributed by atoms with E-state index in [0.717, 1.165) is 58.3 Å². The van der Waals surface area contributed by atoms with Crippen LogP contribution < -0.4 is 11.0 Å². The predicted molar refractivity (Wildman–Crippen MR) is 149 cm³/mol. The molecule has 1 aliphatic carbocycles. The SMILES string of the molecule is C/C(=N\NC(=O)CSc1nc2sc3c(c2c(=O)n1-c1ccc(C)cc1)CCCC3)c1ccccc1Cl. The Kier molecular flexibility index (Phi) is 7.27. The molecule has 0 fully saturated rings. The molecule has 0 spiro atoms. The first-order valence-corrected chi connectivity index (χ1v) is 14.0. The van der Waals surface area contributed by atoms with Crippen LogP contribution in [0.25, 0.3) is 15.9 Å². The number of aryl methyl sites for hydroxylation is 3. The largest absolute Gasteiger partial charge is 0.272 e. The van der Waals surface area contributed by atoms with Crippen molar-refractivity contribution in [3.63, 3.8) is 0 Å². The molecule has 0 radical (unpaired) electrons. The second kappa shape index (κ2) is 10.6. The number of amides is 1. The molecule has 184 valence electrons. The minimum absolute atomic E-state index is 0.0637. The zero-order chi connectivity index (χ0) is 25.2. The van der Waals surface area contributed by atoms with Gasteiger partial charge in [0.2, 0.25) is 0 Å². The highest BCUT2D eigenvalue weighted by Crippen LogP contribution is 2.35. The van der Waals surface area contributed by atoms with Crippen molar-refractivity contribution in [3.05, 3.63) is 85.5 Å². The third-order valence-electron chi connectivity index (χ3n) is 6.19. The molecule has 0 unspecified atom stereocenters. The maximum absolute atomic E-state index is 13.8. The number of carbonyl (C=O) groups excluding carboxylic acids is 1. The molecule has 2 aromatic heterocycles. The fourth-order valence-electron chi connectivity index (χ4n) is 4.33. The summed E-state index contributed by atoms with van der Waals surface area (Å²) in [4.78, 5) is 33.3. The Morgan fingerprint density at radius 1 is 1.17 bits per heavy atom. The number of hydrazone groups is 1. The van der Waals surface area contributed by atoms with Crippen molar-refractivity contribution < 1.29 is 4.79 Å². The van der Waals surface area contributed by atoms with Crippen molar-refractivity contribution in [2.75, 3.05) is 5.75 Å². The van der Waals surface area contributed by atoms with Crippen LogP contribution in [0.2, 0.25) is 5.02 Å². The monoisotopic (exact) mass is 536 g/mol. The highest BCUT2D eigenvalue weighted by molar-refractivity contribution is 7.99. The third-order valence-corrected chi connectivity index (χ3v) is 8.65. The van der Waals surface area contributed by atoms with E-state index in [1.165, 1.54) is 16.6 Å². The summed E-state index contributed by atoms with van der Waals surface area (Å²) in [7, 11) is 0. The van der Waals surface area contributed by atoms with Crippen molar-refractivity contribution >= 4 is 56.5 Å². The van der Waals surface area contributed by atoms with Crippen LogP contribution in [0.15, 0.2) is 63.6 Å². The normalized spacial score (nSPS) is 13.6. The number of hydrogen-bond acceptors (Lipinski definition) is 6. The molecule has 2 aromatic carbocycles. The second-order valence-electron chi connectivity index (χ2n) is 8.76. The minimum Gasteiger partial charge on any atom is -0.272 e. The number of hydrogen-bond donors (Lipinski definition) is 1. The summed E-state index contributed by atoms with van der Waals surface area (Å²) in [6.45, 7) is 3.80. The number of benzene rings is 2. The summed E-state index contributed by atoms with van der Waals surface area (Å²) in [6, 6.07) is 15.1. The average molecular weight is 537 g/mol. The fourth-order valence-corrected chi connectivity index (χ4v) is 6.71. The first-order chi connectivity index (χ1) is 17.4. The molecule has 6 nitrogen and oxygen atoms in total. The molecular weight excluding hydrogens is 512 g/mol. The van der Waals surface area contributed by atoms with Gasteiger partial charge in [-0.25, -0.2) is 10.4 Å². The van der Waals surface area contributed by atoms with Gasteiger partial charge in [0.1, 0.15) is 4.83 Å². The molecule has 0 aliphatic heterocycles. The summed E-state index contributed by atoms with van der Waals surface area (Å²) in [5, 5.41) is 5.99. The molecule has 0 bridgehead atoms. The summed E-state index contributed by atoms with van der Waals surface area (Å²) in [5.74, 6) is -0.226. The summed E-state index contributed by atoms with van der Waals surface area (Å²) >= 11 is 9.06. The molecule has 36 heavy (non-hydrogen) atoms. The number of rotatable bonds is 6. The molecule has 5 rings (SSSR count). The van der Waals surface area contributed by atoms with Gasteiger partial charge in [0.05, 0.1) is 22.5 Å². The Morgan fingerprint density at radius 2 is 1.92 bits per heavy atom. The Morgan fingerprint density at radius 3 is 2.69 bits per heavy atom. The fraction of sp³-hybridized carbons (Fsp3) is 0.259. The lowest BCUT2D eigenvalue weighted by Gasteiger charge is -2.13. The molecule has 4 aromatic rings. The third kappa shape index (κ3) is 4.98. The maximum Gasteiger partial charge on any atom is 0.267 e. The van der Waals surface area contributed by atoms with Crippen molar-refractivity contribution in [2.45, 2.75) is 44.7 Å². The summed E-state index contributed by atoms with van der Waals surface area (Å²) in [6.07, 6.45) is 4.14. The lowest BCUT2D eigenvalue weighted by Crippen LogP contribution is -2.24. The van der Waals surface area contributed by atoms with Crippen molar-refractivity contribution in [1.82, 2.24) is 15.0 Å². The van der Waals surface area contributed by atoms with E-state index in [0.29, 0.717) is 15.9 Å². The number of thioether (sulfide) groups is 1. The van der Waals surface area contributed by atoms with Gasteiger partial charge in [0.25, 0.3) is 11.5 Å². The first kappa shape index (κ1) is 24.7. The van der Waals surface area contributed by atoms with Gasteiger partial charge in [0, 0.05) is 15.5 Å². The lowest BCUT2D eigenvalue weighted by molar-refractivity contribution is -0.118. The number of nitrogens with one attached hydrogen (secondary N) is 1. The Labute approximate surface area is 222 Å². The van der Waals surface area contributed by atoms with Crippen LogP contribution in [-0.4, -0.2) is 26.9 Å². The van der Waals surface area contributed by atoms with Crippen molar-refractivity contribution in [1.29, 1.82) is 0 Å². The first-order valence-electron chi connectivity index (χ1n) is 11.8. The van der Waals surface area contributed by atoms with Gasteiger partial charge in [-0.2, -0.15) is 5.10 Å². The molecular formula is C27H25ClN4O2S2. The molecule has 1 aliphatic rings. The van der Waals surface area contributed by atoms with Gasteiger partial charge >= 0.3 is 0 Å². The van der Waals surface area contributed by atoms with Crippen LogP contribution >= 0.6 is 34.7 Å². The summed E-state index contributed by atoms with van der Waals surface area (Å²) in [5.41, 5.74) is 6.89. The van der Waals surface area contributed by atoms with Crippen LogP contribution in [0, 0.1) is 6.92 Å². The molecule has 0 atom stereocenters. The highest BCUT2D eigenvalue weighted by Gasteiger charge is 2.23. The Bertz CT molecular complexity index is 1540. The van der Waals surface area contributed by atoms with E-state index in [1.807, 2.05) is 49.4 Å². The molecule has 9 heteroatoms. The van der Waals surface area contributed by atoms with Gasteiger partial charge in [-0.05, 0) is 63.3 Å². The second-order valence-corrected chi connectivity index (χ2v) is 11.2. The van der Waals surface area contributed by atoms with Gasteiger partial charge < -0.3 is 0 Å². The van der Waals surface area contributed by atoms with Crippen LogP contribution in [0.3, 0.4) is 0 Å². The number of carbonyl (C=O) groups is 1. The van der Waals surface area contributed by atoms with Gasteiger partial charge in [-0.1, -0.05) is 59.3 Å². The number of thiophene rings is 1.